The summed E-state index contributed by atoms with van der Waals surface area (Å²) < 4.78 is 10.3. The number of esters is 1. The summed E-state index contributed by atoms with van der Waals surface area (Å²) in [4.78, 5) is 49.3. The first-order chi connectivity index (χ1) is 17.9. The van der Waals surface area contributed by atoms with E-state index in [1.54, 1.807) is 31.4 Å². The molecular formula is C26H37N5O5S. The zero-order valence-corrected chi connectivity index (χ0v) is 22.6. The molecule has 2 aromatic rings. The van der Waals surface area contributed by atoms with Gasteiger partial charge < -0.3 is 24.7 Å². The number of aromatic amines is 1. The molecule has 1 aliphatic rings. The van der Waals surface area contributed by atoms with Crippen LogP contribution < -0.4 is 10.1 Å². The van der Waals surface area contributed by atoms with Crippen molar-refractivity contribution in [2.24, 2.45) is 0 Å². The van der Waals surface area contributed by atoms with Gasteiger partial charge in [-0.15, -0.1) is 0 Å². The van der Waals surface area contributed by atoms with Gasteiger partial charge in [0.1, 0.15) is 11.8 Å². The second-order valence-corrected chi connectivity index (χ2v) is 10.1. The Bertz CT molecular complexity index is 1020. The van der Waals surface area contributed by atoms with Gasteiger partial charge in [0.05, 0.1) is 39.2 Å². The van der Waals surface area contributed by atoms with E-state index in [1.165, 1.54) is 7.11 Å². The fourth-order valence-corrected chi connectivity index (χ4v) is 5.05. The Morgan fingerprint density at radius 2 is 2.16 bits per heavy atom. The molecule has 2 amide bonds. The number of ether oxygens (including phenoxy) is 2. The molecule has 1 fully saturated rings. The highest BCUT2D eigenvalue weighted by molar-refractivity contribution is 7.98. The van der Waals surface area contributed by atoms with Crippen LogP contribution in [0.3, 0.4) is 0 Å². The second-order valence-electron chi connectivity index (χ2n) is 9.07. The molecule has 2 atom stereocenters. The van der Waals surface area contributed by atoms with Crippen LogP contribution in [0.1, 0.15) is 30.5 Å². The number of methoxy groups -OCH3 is 2. The Morgan fingerprint density at radius 1 is 1.32 bits per heavy atom. The van der Waals surface area contributed by atoms with E-state index in [4.69, 9.17) is 9.47 Å². The number of nitrogens with one attached hydrogen (secondary N) is 2. The molecule has 0 radical (unpaired) electrons. The average Bonchev–Trinajstić information content (AvgIpc) is 3.58. The van der Waals surface area contributed by atoms with Crippen LogP contribution in [-0.2, 0) is 32.1 Å². The predicted molar refractivity (Wildman–Crippen MR) is 142 cm³/mol. The van der Waals surface area contributed by atoms with Crippen LogP contribution in [0.25, 0.3) is 0 Å². The molecule has 37 heavy (non-hydrogen) atoms. The fourth-order valence-electron chi connectivity index (χ4n) is 4.58. The summed E-state index contributed by atoms with van der Waals surface area (Å²) in [5.41, 5.74) is 1.70. The number of carbonyl (C=O) groups is 3. The summed E-state index contributed by atoms with van der Waals surface area (Å²) in [6.07, 6.45) is 7.76. The van der Waals surface area contributed by atoms with Crippen molar-refractivity contribution in [2.75, 3.05) is 45.9 Å². The van der Waals surface area contributed by atoms with E-state index in [0.717, 1.165) is 29.9 Å². The van der Waals surface area contributed by atoms with Crippen LogP contribution in [0.4, 0.5) is 0 Å². The standard InChI is InChI=1S/C26H37N5O5S/c1-35-22-8-4-6-19(12-22)15-30(17-24(32)29-23(9-11-37-3)26(34)36-2)16-21-7-5-10-31(21)25(33)13-20-14-27-18-28-20/h4,6,8,12,14,18,21,23H,5,7,9-11,13,15-17H2,1-3H3,(H,27,28)(H,29,32)/t21-,23-/m0/s1. The minimum Gasteiger partial charge on any atom is -0.497 e. The van der Waals surface area contributed by atoms with Gasteiger partial charge in [-0.2, -0.15) is 11.8 Å². The molecule has 0 aliphatic carbocycles. The van der Waals surface area contributed by atoms with E-state index in [2.05, 4.69) is 15.3 Å². The van der Waals surface area contributed by atoms with Gasteiger partial charge in [-0.25, -0.2) is 9.78 Å². The molecular weight excluding hydrogens is 494 g/mol. The molecule has 1 saturated heterocycles. The molecule has 202 valence electrons. The lowest BCUT2D eigenvalue weighted by atomic mass is 10.1. The molecule has 0 spiro atoms. The molecule has 0 bridgehead atoms. The Kier molecular flexibility index (Phi) is 11.3. The summed E-state index contributed by atoms with van der Waals surface area (Å²) in [5, 5.41) is 2.84. The van der Waals surface area contributed by atoms with Gasteiger partial charge in [0.2, 0.25) is 11.8 Å². The minimum atomic E-state index is -0.693. The van der Waals surface area contributed by atoms with Crippen molar-refractivity contribution in [3.05, 3.63) is 48.0 Å². The summed E-state index contributed by atoms with van der Waals surface area (Å²) in [6.45, 7) is 1.80. The lowest BCUT2D eigenvalue weighted by Gasteiger charge is -2.31. The van der Waals surface area contributed by atoms with E-state index in [9.17, 15) is 14.4 Å². The number of hydrogen-bond acceptors (Lipinski definition) is 8. The monoisotopic (exact) mass is 531 g/mol. The molecule has 10 nitrogen and oxygen atoms in total. The summed E-state index contributed by atoms with van der Waals surface area (Å²) in [5.74, 6) is 0.784. The fraction of sp³-hybridized carbons (Fsp3) is 0.538. The number of benzene rings is 1. The maximum atomic E-state index is 13.1. The first-order valence-electron chi connectivity index (χ1n) is 12.4. The first-order valence-corrected chi connectivity index (χ1v) is 13.8. The third kappa shape index (κ3) is 8.78. The van der Waals surface area contributed by atoms with Crippen LogP contribution in [0, 0.1) is 0 Å². The molecule has 0 saturated carbocycles. The van der Waals surface area contributed by atoms with Crippen molar-refractivity contribution in [2.45, 2.75) is 44.3 Å². The largest absolute Gasteiger partial charge is 0.497 e. The number of likely N-dealkylation sites (tertiary alicyclic amines) is 1. The smallest absolute Gasteiger partial charge is 0.328 e. The molecule has 3 rings (SSSR count). The summed E-state index contributed by atoms with van der Waals surface area (Å²) in [7, 11) is 2.94. The van der Waals surface area contributed by atoms with E-state index in [0.29, 0.717) is 31.7 Å². The Labute approximate surface area is 222 Å². The van der Waals surface area contributed by atoms with E-state index in [-0.39, 0.29) is 30.8 Å². The van der Waals surface area contributed by atoms with Crippen LogP contribution >= 0.6 is 11.8 Å². The lowest BCUT2D eigenvalue weighted by molar-refractivity contribution is -0.145. The highest BCUT2D eigenvalue weighted by atomic mass is 32.2. The topological polar surface area (TPSA) is 117 Å². The zero-order valence-electron chi connectivity index (χ0n) is 21.8. The molecule has 2 heterocycles. The van der Waals surface area contributed by atoms with Crippen molar-refractivity contribution in [3.63, 3.8) is 0 Å². The number of nitrogens with zero attached hydrogens (tertiary/aromatic N) is 3. The Morgan fingerprint density at radius 3 is 2.86 bits per heavy atom. The van der Waals surface area contributed by atoms with Crippen LogP contribution in [0.5, 0.6) is 5.75 Å². The Hall–Kier alpha value is -3.05. The summed E-state index contributed by atoms with van der Waals surface area (Å²) >= 11 is 1.60. The van der Waals surface area contributed by atoms with Crippen molar-refractivity contribution >= 4 is 29.5 Å². The average molecular weight is 532 g/mol. The highest BCUT2D eigenvalue weighted by Gasteiger charge is 2.31. The van der Waals surface area contributed by atoms with Crippen molar-refractivity contribution < 1.29 is 23.9 Å². The number of carbonyl (C=O) groups excluding carboxylic acids is 3. The van der Waals surface area contributed by atoms with Gasteiger partial charge in [0, 0.05) is 31.9 Å². The maximum absolute atomic E-state index is 13.1. The van der Waals surface area contributed by atoms with Crippen LogP contribution in [0.2, 0.25) is 0 Å². The van der Waals surface area contributed by atoms with E-state index < -0.39 is 12.0 Å². The predicted octanol–water partition coefficient (Wildman–Crippen LogP) is 1.86. The van der Waals surface area contributed by atoms with Crippen LogP contribution in [0.15, 0.2) is 36.8 Å². The van der Waals surface area contributed by atoms with Crippen LogP contribution in [-0.4, -0.2) is 95.5 Å². The van der Waals surface area contributed by atoms with Gasteiger partial charge >= 0.3 is 5.97 Å². The number of H-pyrrole nitrogens is 1. The minimum absolute atomic E-state index is 0.0160. The number of imidazole rings is 1. The van der Waals surface area contributed by atoms with E-state index in [1.807, 2.05) is 40.3 Å². The lowest BCUT2D eigenvalue weighted by Crippen LogP contribution is -2.49. The number of aromatic nitrogens is 2. The molecule has 1 aliphatic heterocycles. The third-order valence-corrected chi connectivity index (χ3v) is 7.04. The van der Waals surface area contributed by atoms with Crippen molar-refractivity contribution in [1.29, 1.82) is 0 Å². The summed E-state index contributed by atoms with van der Waals surface area (Å²) in [6, 6.07) is 7.00. The van der Waals surface area contributed by atoms with Gasteiger partial charge in [-0.05, 0) is 49.0 Å². The van der Waals surface area contributed by atoms with Gasteiger partial charge in [0.25, 0.3) is 0 Å². The normalized spacial score (nSPS) is 16.0. The molecule has 1 aromatic heterocycles. The number of rotatable bonds is 14. The highest BCUT2D eigenvalue weighted by Crippen LogP contribution is 2.21. The zero-order chi connectivity index (χ0) is 26.6. The molecule has 2 N–H and O–H groups in total. The molecule has 0 unspecified atom stereocenters. The number of amides is 2. The number of thioether (sulfide) groups is 1. The SMILES string of the molecule is COC(=O)[C@H](CCSC)NC(=O)CN(Cc1cccc(OC)c1)C[C@@H]1CCCN1C(=O)Cc1c[nH]cn1. The van der Waals surface area contributed by atoms with Gasteiger partial charge in [-0.1, -0.05) is 12.1 Å². The van der Waals surface area contributed by atoms with Gasteiger partial charge in [-0.3, -0.25) is 14.5 Å². The molecule has 11 heteroatoms. The van der Waals surface area contributed by atoms with Gasteiger partial charge in [0.15, 0.2) is 0 Å². The number of hydrogen-bond donors (Lipinski definition) is 2. The molecule has 1 aromatic carbocycles. The van der Waals surface area contributed by atoms with E-state index >= 15 is 0 Å². The van der Waals surface area contributed by atoms with Crippen molar-refractivity contribution in [1.82, 2.24) is 25.1 Å². The Balaban J connectivity index is 1.71. The quantitative estimate of drug-likeness (QED) is 0.355. The maximum Gasteiger partial charge on any atom is 0.328 e. The van der Waals surface area contributed by atoms with Crippen molar-refractivity contribution in [3.8, 4) is 5.75 Å². The first kappa shape index (κ1) is 28.5. The second kappa shape index (κ2) is 14.6. The third-order valence-electron chi connectivity index (χ3n) is 6.39.